The molecule has 0 unspecified atom stereocenters. The highest BCUT2D eigenvalue weighted by atomic mass is 16.6. The van der Waals surface area contributed by atoms with E-state index in [1.807, 2.05) is 63.9 Å². The molecule has 0 aliphatic carbocycles. The van der Waals surface area contributed by atoms with Crippen LogP contribution in [-0.4, -0.2) is 83.1 Å². The zero-order valence-electron chi connectivity index (χ0n) is 22.0. The summed E-state index contributed by atoms with van der Waals surface area (Å²) in [6.45, 7) is 12.3. The van der Waals surface area contributed by atoms with Gasteiger partial charge in [-0.2, -0.15) is 0 Å². The number of likely N-dealkylation sites (tertiary alicyclic amines) is 1. The Morgan fingerprint density at radius 2 is 1.89 bits per heavy atom. The molecule has 1 aromatic heterocycles. The van der Waals surface area contributed by atoms with Crippen molar-refractivity contribution < 1.29 is 24.2 Å². The van der Waals surface area contributed by atoms with E-state index in [-0.39, 0.29) is 36.5 Å². The van der Waals surface area contributed by atoms with Gasteiger partial charge in [-0.15, -0.1) is 0 Å². The van der Waals surface area contributed by atoms with Crippen molar-refractivity contribution in [3.8, 4) is 0 Å². The number of aliphatic hydroxyl groups excluding tert-OH is 1. The van der Waals surface area contributed by atoms with Crippen LogP contribution in [0.25, 0.3) is 10.9 Å². The maximum atomic E-state index is 13.6. The molecule has 2 heterocycles. The molecule has 2 amide bonds. The van der Waals surface area contributed by atoms with E-state index >= 15 is 0 Å². The minimum absolute atomic E-state index is 0.0263. The van der Waals surface area contributed by atoms with E-state index < -0.39 is 5.60 Å². The minimum atomic E-state index is -0.580. The number of hydrogen-bond acceptors (Lipinski definition) is 5. The van der Waals surface area contributed by atoms with Crippen molar-refractivity contribution in [2.24, 2.45) is 11.8 Å². The normalized spacial score (nSPS) is 18.5. The summed E-state index contributed by atoms with van der Waals surface area (Å²) in [7, 11) is 1.70. The third-order valence-electron chi connectivity index (χ3n) is 6.55. The summed E-state index contributed by atoms with van der Waals surface area (Å²) < 4.78 is 12.9. The largest absolute Gasteiger partial charge is 0.444 e. The molecule has 0 spiro atoms. The van der Waals surface area contributed by atoms with E-state index in [4.69, 9.17) is 9.47 Å². The van der Waals surface area contributed by atoms with Gasteiger partial charge < -0.3 is 28.9 Å². The fraction of sp³-hybridized carbons (Fsp3) is 0.630. The first-order valence-electron chi connectivity index (χ1n) is 12.5. The summed E-state index contributed by atoms with van der Waals surface area (Å²) in [5.41, 5.74) is 1.09. The third kappa shape index (κ3) is 6.76. The van der Waals surface area contributed by atoms with Gasteiger partial charge in [-0.05, 0) is 64.6 Å². The number of ether oxygens (including phenoxy) is 2. The van der Waals surface area contributed by atoms with Crippen LogP contribution in [0, 0.1) is 11.8 Å². The molecular weight excluding hydrogens is 446 g/mol. The second-order valence-electron chi connectivity index (χ2n) is 10.8. The molecule has 1 N–H and O–H groups in total. The summed E-state index contributed by atoms with van der Waals surface area (Å²) in [4.78, 5) is 29.7. The molecule has 2 aromatic rings. The number of aliphatic hydroxyl groups is 1. The fourth-order valence-electron chi connectivity index (χ4n) is 4.67. The number of fused-ring (bicyclic) bond motifs is 1. The van der Waals surface area contributed by atoms with Gasteiger partial charge in [0.15, 0.2) is 0 Å². The van der Waals surface area contributed by atoms with Crippen molar-refractivity contribution >= 4 is 22.9 Å². The van der Waals surface area contributed by atoms with Gasteiger partial charge >= 0.3 is 6.09 Å². The molecule has 3 rings (SSSR count). The lowest BCUT2D eigenvalue weighted by atomic mass is 9.95. The lowest BCUT2D eigenvalue weighted by Crippen LogP contribution is -2.42. The van der Waals surface area contributed by atoms with E-state index in [2.05, 4.69) is 10.6 Å². The number of benzene rings is 1. The van der Waals surface area contributed by atoms with Gasteiger partial charge in [0.05, 0.1) is 0 Å². The average molecular weight is 488 g/mol. The van der Waals surface area contributed by atoms with E-state index in [1.54, 1.807) is 12.0 Å². The van der Waals surface area contributed by atoms with Crippen molar-refractivity contribution in [1.82, 2.24) is 14.4 Å². The van der Waals surface area contributed by atoms with E-state index in [0.717, 1.165) is 23.9 Å². The van der Waals surface area contributed by atoms with E-state index in [1.165, 1.54) is 0 Å². The van der Waals surface area contributed by atoms with Crippen LogP contribution in [0.3, 0.4) is 0 Å². The van der Waals surface area contributed by atoms with Crippen LogP contribution < -0.4 is 0 Å². The molecule has 2 atom stereocenters. The molecule has 1 aliphatic rings. The Morgan fingerprint density at radius 1 is 1.17 bits per heavy atom. The first-order valence-corrected chi connectivity index (χ1v) is 12.5. The monoisotopic (exact) mass is 487 g/mol. The maximum Gasteiger partial charge on any atom is 0.410 e. The maximum absolute atomic E-state index is 13.6. The lowest BCUT2D eigenvalue weighted by molar-refractivity contribution is 0.0279. The van der Waals surface area contributed by atoms with Crippen molar-refractivity contribution in [1.29, 1.82) is 0 Å². The zero-order valence-corrected chi connectivity index (χ0v) is 22.0. The minimum Gasteiger partial charge on any atom is -0.444 e. The highest BCUT2D eigenvalue weighted by molar-refractivity contribution is 5.98. The average Bonchev–Trinajstić information content (AvgIpc) is 3.39. The molecular formula is C27H41N3O5. The summed E-state index contributed by atoms with van der Waals surface area (Å²) in [6, 6.07) is 7.87. The van der Waals surface area contributed by atoms with Gasteiger partial charge in [0.25, 0.3) is 5.91 Å². The number of amides is 2. The Hall–Kier alpha value is -2.58. The quantitative estimate of drug-likeness (QED) is 0.541. The summed E-state index contributed by atoms with van der Waals surface area (Å²) in [5.74, 6) is -0.170. The highest BCUT2D eigenvalue weighted by Gasteiger charge is 2.38. The van der Waals surface area contributed by atoms with Crippen molar-refractivity contribution in [2.75, 3.05) is 40.0 Å². The molecule has 0 bridgehead atoms. The number of carbonyl (C=O) groups is 2. The van der Waals surface area contributed by atoms with Gasteiger partial charge in [0.1, 0.15) is 5.60 Å². The van der Waals surface area contributed by atoms with E-state index in [0.29, 0.717) is 31.8 Å². The molecule has 1 fully saturated rings. The third-order valence-corrected chi connectivity index (χ3v) is 6.55. The molecule has 35 heavy (non-hydrogen) atoms. The van der Waals surface area contributed by atoms with Crippen molar-refractivity contribution in [3.05, 3.63) is 36.0 Å². The second kappa shape index (κ2) is 11.4. The SMILES string of the molecule is COCCCn1ccc2ccc(C(=O)N(C[C@@H]3CN(C(=O)OC(C)(C)C)C[C@H]3CO)C(C)C)cc21. The Balaban J connectivity index is 1.76. The highest BCUT2D eigenvalue weighted by Crippen LogP contribution is 2.28. The van der Waals surface area contributed by atoms with Crippen molar-refractivity contribution in [2.45, 2.75) is 59.2 Å². The molecule has 8 heteroatoms. The topological polar surface area (TPSA) is 84.2 Å². The van der Waals surface area contributed by atoms with Crippen LogP contribution in [0.2, 0.25) is 0 Å². The molecule has 1 aliphatic heterocycles. The number of methoxy groups -OCH3 is 1. The number of aryl methyl sites for hydroxylation is 1. The smallest absolute Gasteiger partial charge is 0.410 e. The summed E-state index contributed by atoms with van der Waals surface area (Å²) in [5, 5.41) is 11.1. The Bertz CT molecular complexity index is 1010. The predicted molar refractivity (Wildman–Crippen MR) is 136 cm³/mol. The summed E-state index contributed by atoms with van der Waals surface area (Å²) in [6.07, 6.45) is 2.57. The second-order valence-corrected chi connectivity index (χ2v) is 10.8. The van der Waals surface area contributed by atoms with Crippen LogP contribution in [-0.2, 0) is 16.0 Å². The first kappa shape index (κ1) is 27.0. The van der Waals surface area contributed by atoms with Crippen LogP contribution in [0.15, 0.2) is 30.5 Å². The van der Waals surface area contributed by atoms with Gasteiger partial charge in [-0.25, -0.2) is 4.79 Å². The zero-order chi connectivity index (χ0) is 25.8. The molecule has 194 valence electrons. The molecule has 8 nitrogen and oxygen atoms in total. The van der Waals surface area contributed by atoms with Crippen LogP contribution >= 0.6 is 0 Å². The van der Waals surface area contributed by atoms with Crippen LogP contribution in [0.4, 0.5) is 4.79 Å². The van der Waals surface area contributed by atoms with Crippen molar-refractivity contribution in [3.63, 3.8) is 0 Å². The fourth-order valence-corrected chi connectivity index (χ4v) is 4.67. The molecule has 0 radical (unpaired) electrons. The molecule has 0 saturated carbocycles. The number of rotatable bonds is 9. The Morgan fingerprint density at radius 3 is 2.51 bits per heavy atom. The van der Waals surface area contributed by atoms with Gasteiger partial charge in [-0.3, -0.25) is 4.79 Å². The predicted octanol–water partition coefficient (Wildman–Crippen LogP) is 4.00. The van der Waals surface area contributed by atoms with Gasteiger partial charge in [-0.1, -0.05) is 6.07 Å². The molecule has 1 aromatic carbocycles. The Kier molecular flexibility index (Phi) is 8.83. The number of aromatic nitrogens is 1. The summed E-state index contributed by atoms with van der Waals surface area (Å²) >= 11 is 0. The number of nitrogens with zero attached hydrogens (tertiary/aromatic N) is 3. The molecule has 1 saturated heterocycles. The number of hydrogen-bond donors (Lipinski definition) is 1. The lowest BCUT2D eigenvalue weighted by Gasteiger charge is -2.31. The van der Waals surface area contributed by atoms with Crippen LogP contribution in [0.5, 0.6) is 0 Å². The first-order chi connectivity index (χ1) is 16.5. The standard InChI is InChI=1S/C27H41N3O5/c1-19(2)30(17-22-15-29(16-23(22)18-31)26(33)35-27(3,4)5)25(32)21-9-8-20-10-12-28(24(20)14-21)11-7-13-34-6/h8-10,12,14,19,22-23,31H,7,11,13,15-18H2,1-6H3/t22-,23-/m0/s1. The number of carbonyl (C=O) groups excluding carboxylic acids is 2. The van der Waals surface area contributed by atoms with Gasteiger partial charge in [0.2, 0.25) is 0 Å². The Labute approximate surface area is 208 Å². The van der Waals surface area contributed by atoms with E-state index in [9.17, 15) is 14.7 Å². The van der Waals surface area contributed by atoms with Crippen LogP contribution in [0.1, 0.15) is 51.4 Å². The van der Waals surface area contributed by atoms with Gasteiger partial charge in [0, 0.05) is 81.7 Å².